The molecule has 0 saturated heterocycles. The Balaban J connectivity index is 2.59. The first-order valence-corrected chi connectivity index (χ1v) is 11.0. The van der Waals surface area contributed by atoms with Gasteiger partial charge >= 0.3 is 17.9 Å². The summed E-state index contributed by atoms with van der Waals surface area (Å²) in [5.41, 5.74) is 5.91. The third kappa shape index (κ3) is 7.13. The van der Waals surface area contributed by atoms with Gasteiger partial charge in [-0.05, 0) is 48.6 Å². The molecular formula is C23H23F2NO6S. The van der Waals surface area contributed by atoms with Gasteiger partial charge < -0.3 is 20.3 Å². The summed E-state index contributed by atoms with van der Waals surface area (Å²) < 4.78 is 37.8. The van der Waals surface area contributed by atoms with Crippen LogP contribution in [0.25, 0.3) is 11.1 Å². The van der Waals surface area contributed by atoms with E-state index >= 15 is 0 Å². The molecule has 10 heteroatoms. The standard InChI is InChI=1S/C23H23F2NO6S/c1-3-31-23(30)21(14-6-9-17(24)18(25)10-14)16(13-4-7-15(33-2)8-5-13)12-32-20(27)11-19(26)22(28)29/h4-10,19H,3,11-12,26H2,1-2H3,(H,28,29)/b21-16+. The summed E-state index contributed by atoms with van der Waals surface area (Å²) in [4.78, 5) is 36.8. The van der Waals surface area contributed by atoms with Gasteiger partial charge in [-0.2, -0.15) is 0 Å². The topological polar surface area (TPSA) is 116 Å². The Hall–Kier alpha value is -3.24. The average molecular weight is 480 g/mol. The maximum atomic E-state index is 14.0. The lowest BCUT2D eigenvalue weighted by atomic mass is 9.94. The van der Waals surface area contributed by atoms with Crippen molar-refractivity contribution in [3.05, 3.63) is 65.2 Å². The maximum absolute atomic E-state index is 14.0. The number of nitrogens with two attached hydrogens (primary N) is 1. The second-order valence-corrected chi connectivity index (χ2v) is 7.62. The van der Waals surface area contributed by atoms with E-state index in [1.165, 1.54) is 17.8 Å². The second kappa shape index (κ2) is 12.1. The Labute approximate surface area is 193 Å². The van der Waals surface area contributed by atoms with Crippen molar-refractivity contribution < 1.29 is 37.7 Å². The number of carboxylic acids is 1. The number of benzene rings is 2. The van der Waals surface area contributed by atoms with Crippen LogP contribution in [0.2, 0.25) is 0 Å². The zero-order valence-electron chi connectivity index (χ0n) is 18.0. The van der Waals surface area contributed by atoms with Crippen molar-refractivity contribution in [3.8, 4) is 0 Å². The molecule has 0 bridgehead atoms. The second-order valence-electron chi connectivity index (χ2n) is 6.74. The molecule has 0 spiro atoms. The zero-order chi connectivity index (χ0) is 24.5. The van der Waals surface area contributed by atoms with E-state index < -0.39 is 48.6 Å². The Morgan fingerprint density at radius 2 is 1.67 bits per heavy atom. The van der Waals surface area contributed by atoms with Crippen LogP contribution in [0.3, 0.4) is 0 Å². The Bertz CT molecular complexity index is 1060. The highest BCUT2D eigenvalue weighted by Gasteiger charge is 2.24. The molecule has 0 heterocycles. The molecule has 33 heavy (non-hydrogen) atoms. The highest BCUT2D eigenvalue weighted by atomic mass is 32.2. The zero-order valence-corrected chi connectivity index (χ0v) is 18.8. The van der Waals surface area contributed by atoms with E-state index in [0.717, 1.165) is 17.0 Å². The van der Waals surface area contributed by atoms with E-state index in [1.54, 1.807) is 31.2 Å². The largest absolute Gasteiger partial charge is 0.480 e. The SMILES string of the molecule is CCOC(=O)/C(=C(\COC(=O)CC(N)C(=O)O)c1ccc(SC)cc1)c1ccc(F)c(F)c1. The van der Waals surface area contributed by atoms with Gasteiger partial charge in [0.15, 0.2) is 11.6 Å². The molecule has 0 saturated carbocycles. The van der Waals surface area contributed by atoms with E-state index in [0.29, 0.717) is 5.56 Å². The number of carbonyl (C=O) groups is 3. The van der Waals surface area contributed by atoms with Gasteiger partial charge in [-0.15, -0.1) is 11.8 Å². The third-order valence-electron chi connectivity index (χ3n) is 4.51. The lowest BCUT2D eigenvalue weighted by Crippen LogP contribution is -2.33. The summed E-state index contributed by atoms with van der Waals surface area (Å²) in [5, 5.41) is 8.88. The number of ether oxygens (including phenoxy) is 2. The molecule has 2 rings (SSSR count). The minimum Gasteiger partial charge on any atom is -0.480 e. The monoisotopic (exact) mass is 479 g/mol. The van der Waals surface area contributed by atoms with E-state index in [1.807, 2.05) is 6.26 Å². The number of hydrogen-bond donors (Lipinski definition) is 2. The summed E-state index contributed by atoms with van der Waals surface area (Å²) >= 11 is 1.49. The molecule has 176 valence electrons. The molecule has 2 aromatic carbocycles. The third-order valence-corrected chi connectivity index (χ3v) is 5.25. The summed E-state index contributed by atoms with van der Waals surface area (Å²) in [7, 11) is 0. The van der Waals surface area contributed by atoms with Crippen LogP contribution in [0.1, 0.15) is 24.5 Å². The number of halogens is 2. The number of carbonyl (C=O) groups excluding carboxylic acids is 2. The van der Waals surface area contributed by atoms with Crippen LogP contribution in [0.15, 0.2) is 47.4 Å². The van der Waals surface area contributed by atoms with Gasteiger partial charge in [0, 0.05) is 10.5 Å². The number of hydrogen-bond acceptors (Lipinski definition) is 7. The predicted molar refractivity (Wildman–Crippen MR) is 119 cm³/mol. The molecular weight excluding hydrogens is 456 g/mol. The van der Waals surface area contributed by atoms with Crippen molar-refractivity contribution >= 4 is 40.8 Å². The summed E-state index contributed by atoms with van der Waals surface area (Å²) in [6.45, 7) is 1.13. The fourth-order valence-corrected chi connectivity index (χ4v) is 3.25. The van der Waals surface area contributed by atoms with Crippen molar-refractivity contribution in [2.75, 3.05) is 19.5 Å². The number of esters is 2. The quantitative estimate of drug-likeness (QED) is 0.230. The van der Waals surface area contributed by atoms with Crippen LogP contribution >= 0.6 is 11.8 Å². The van der Waals surface area contributed by atoms with Gasteiger partial charge in [0.2, 0.25) is 0 Å². The van der Waals surface area contributed by atoms with Crippen LogP contribution in [0, 0.1) is 11.6 Å². The lowest BCUT2D eigenvalue weighted by Gasteiger charge is -2.17. The first kappa shape index (κ1) is 26.0. The normalized spacial score (nSPS) is 12.5. The van der Waals surface area contributed by atoms with Crippen molar-refractivity contribution in [2.45, 2.75) is 24.3 Å². The molecule has 7 nitrogen and oxygen atoms in total. The first-order chi connectivity index (χ1) is 15.7. The van der Waals surface area contributed by atoms with Gasteiger partial charge in [-0.1, -0.05) is 18.2 Å². The average Bonchev–Trinajstić information content (AvgIpc) is 2.78. The first-order valence-electron chi connectivity index (χ1n) is 9.82. The Morgan fingerprint density at radius 3 is 2.21 bits per heavy atom. The summed E-state index contributed by atoms with van der Waals surface area (Å²) in [6.07, 6.45) is 1.29. The minimum atomic E-state index is -1.46. The molecule has 0 amide bonds. The molecule has 1 atom stereocenters. The molecule has 0 fully saturated rings. The highest BCUT2D eigenvalue weighted by Crippen LogP contribution is 2.30. The van der Waals surface area contributed by atoms with Gasteiger partial charge in [0.05, 0.1) is 18.6 Å². The molecule has 0 aliphatic heterocycles. The van der Waals surface area contributed by atoms with Crippen molar-refractivity contribution in [1.29, 1.82) is 0 Å². The van der Waals surface area contributed by atoms with Gasteiger partial charge in [0.1, 0.15) is 12.6 Å². The Kier molecular flexibility index (Phi) is 9.56. The van der Waals surface area contributed by atoms with Crippen molar-refractivity contribution in [1.82, 2.24) is 0 Å². The van der Waals surface area contributed by atoms with Gasteiger partial charge in [0.25, 0.3) is 0 Å². The van der Waals surface area contributed by atoms with Gasteiger partial charge in [-0.3, -0.25) is 9.59 Å². The Morgan fingerprint density at radius 1 is 1.03 bits per heavy atom. The van der Waals surface area contributed by atoms with E-state index in [-0.39, 0.29) is 23.3 Å². The fourth-order valence-electron chi connectivity index (χ4n) is 2.84. The molecule has 0 radical (unpaired) electrons. The fraction of sp³-hybridized carbons (Fsp3) is 0.261. The van der Waals surface area contributed by atoms with Crippen molar-refractivity contribution in [2.24, 2.45) is 5.73 Å². The number of thioether (sulfide) groups is 1. The van der Waals surface area contributed by atoms with Crippen LogP contribution in [-0.2, 0) is 23.9 Å². The highest BCUT2D eigenvalue weighted by molar-refractivity contribution is 7.98. The summed E-state index contributed by atoms with van der Waals surface area (Å²) in [6, 6.07) is 8.38. The van der Waals surface area contributed by atoms with Crippen LogP contribution < -0.4 is 5.73 Å². The lowest BCUT2D eigenvalue weighted by molar-refractivity contribution is -0.147. The molecule has 1 unspecified atom stereocenters. The maximum Gasteiger partial charge on any atom is 0.339 e. The molecule has 0 aliphatic rings. The van der Waals surface area contributed by atoms with Crippen LogP contribution in [-0.4, -0.2) is 48.5 Å². The van der Waals surface area contributed by atoms with E-state index in [9.17, 15) is 23.2 Å². The van der Waals surface area contributed by atoms with E-state index in [4.69, 9.17) is 20.3 Å². The molecule has 0 aromatic heterocycles. The van der Waals surface area contributed by atoms with E-state index in [2.05, 4.69) is 0 Å². The summed E-state index contributed by atoms with van der Waals surface area (Å²) in [5.74, 6) is -5.37. The number of carboxylic acid groups (broad SMARTS) is 1. The van der Waals surface area contributed by atoms with Crippen LogP contribution in [0.5, 0.6) is 0 Å². The number of rotatable bonds is 10. The van der Waals surface area contributed by atoms with Crippen LogP contribution in [0.4, 0.5) is 8.78 Å². The molecule has 2 aromatic rings. The minimum absolute atomic E-state index is 0.0119. The predicted octanol–water partition coefficient (Wildman–Crippen LogP) is 3.51. The molecule has 0 aliphatic carbocycles. The van der Waals surface area contributed by atoms with Gasteiger partial charge in [-0.25, -0.2) is 13.6 Å². The smallest absolute Gasteiger partial charge is 0.339 e. The number of aliphatic carboxylic acids is 1. The van der Waals surface area contributed by atoms with Crippen molar-refractivity contribution in [3.63, 3.8) is 0 Å². The molecule has 3 N–H and O–H groups in total.